The van der Waals surface area contributed by atoms with E-state index in [0.29, 0.717) is 35.1 Å². The predicted octanol–water partition coefficient (Wildman–Crippen LogP) is 4.34. The van der Waals surface area contributed by atoms with Crippen molar-refractivity contribution in [2.75, 3.05) is 19.6 Å². The highest BCUT2D eigenvalue weighted by atomic mass is 35.5. The zero-order valence-electron chi connectivity index (χ0n) is 17.9. The normalized spacial score (nSPS) is 23.8. The Morgan fingerprint density at radius 1 is 1.09 bits per heavy atom. The lowest BCUT2D eigenvalue weighted by atomic mass is 9.84. The summed E-state index contributed by atoms with van der Waals surface area (Å²) in [4.78, 5) is 32.6. The van der Waals surface area contributed by atoms with Gasteiger partial charge in [-0.1, -0.05) is 41.9 Å². The summed E-state index contributed by atoms with van der Waals surface area (Å²) in [7, 11) is 0. The van der Waals surface area contributed by atoms with Crippen molar-refractivity contribution in [2.45, 2.75) is 31.5 Å². The fourth-order valence-electron chi connectivity index (χ4n) is 5.21. The number of fused-ring (bicyclic) bond motifs is 3. The first-order chi connectivity index (χ1) is 16.0. The first-order valence-corrected chi connectivity index (χ1v) is 12.3. The Kier molecular flexibility index (Phi) is 5.09. The van der Waals surface area contributed by atoms with Crippen LogP contribution in [0.25, 0.3) is 5.57 Å². The average molecular weight is 480 g/mol. The number of rotatable bonds is 0. The molecule has 6 nitrogen and oxygen atoms in total. The van der Waals surface area contributed by atoms with E-state index in [-0.39, 0.29) is 17.4 Å². The van der Waals surface area contributed by atoms with E-state index in [4.69, 9.17) is 16.3 Å². The Bertz CT molecular complexity index is 1250. The van der Waals surface area contributed by atoms with Gasteiger partial charge in [-0.05, 0) is 65.4 Å². The van der Waals surface area contributed by atoms with E-state index in [1.54, 1.807) is 12.1 Å². The summed E-state index contributed by atoms with van der Waals surface area (Å²) in [6.07, 6.45) is 2.30. The topological polar surface area (TPSA) is 71.0 Å². The maximum absolute atomic E-state index is 13.0. The highest BCUT2D eigenvalue weighted by Gasteiger charge is 2.44. The summed E-state index contributed by atoms with van der Waals surface area (Å²) in [5, 5.41) is 4.13. The highest BCUT2D eigenvalue weighted by molar-refractivity contribution is 8.18. The van der Waals surface area contributed by atoms with E-state index in [0.717, 1.165) is 42.2 Å². The van der Waals surface area contributed by atoms with Crippen LogP contribution in [-0.2, 0) is 21.7 Å². The largest absolute Gasteiger partial charge is 0.365 e. The van der Waals surface area contributed by atoms with Crippen LogP contribution in [0.3, 0.4) is 0 Å². The van der Waals surface area contributed by atoms with Gasteiger partial charge in [-0.2, -0.15) is 4.99 Å². The molecule has 2 aromatic rings. The lowest BCUT2D eigenvalue weighted by Gasteiger charge is -2.39. The summed E-state index contributed by atoms with van der Waals surface area (Å²) in [5.41, 5.74) is 4.46. The molecule has 0 radical (unpaired) electrons. The molecule has 8 heteroatoms. The number of amides is 2. The van der Waals surface area contributed by atoms with Gasteiger partial charge in [0.15, 0.2) is 5.17 Å². The van der Waals surface area contributed by atoms with Crippen LogP contribution in [0.1, 0.15) is 46.3 Å². The van der Waals surface area contributed by atoms with E-state index in [9.17, 15) is 9.59 Å². The molecule has 1 saturated heterocycles. The monoisotopic (exact) mass is 479 g/mol. The van der Waals surface area contributed by atoms with Crippen LogP contribution >= 0.6 is 23.4 Å². The zero-order valence-corrected chi connectivity index (χ0v) is 19.5. The Morgan fingerprint density at radius 3 is 2.76 bits per heavy atom. The predicted molar refractivity (Wildman–Crippen MR) is 129 cm³/mol. The van der Waals surface area contributed by atoms with Gasteiger partial charge in [0.25, 0.3) is 11.8 Å². The second-order valence-electron chi connectivity index (χ2n) is 8.73. The van der Waals surface area contributed by atoms with Crippen molar-refractivity contribution in [1.29, 1.82) is 0 Å². The van der Waals surface area contributed by atoms with E-state index in [2.05, 4.69) is 39.5 Å². The number of hydrogen-bond acceptors (Lipinski definition) is 5. The molecular formula is C25H22ClN3O3S. The van der Waals surface area contributed by atoms with Crippen LogP contribution in [0.5, 0.6) is 0 Å². The third-order valence-corrected chi connectivity index (χ3v) is 8.32. The molecule has 6 rings (SSSR count). The maximum atomic E-state index is 13.0. The number of amidine groups is 1. The van der Waals surface area contributed by atoms with Crippen molar-refractivity contribution in [3.05, 3.63) is 74.6 Å². The Hall–Kier alpha value is -2.61. The van der Waals surface area contributed by atoms with Crippen molar-refractivity contribution < 1.29 is 14.3 Å². The number of thioether (sulfide) groups is 1. The van der Waals surface area contributed by atoms with Crippen LogP contribution in [0.4, 0.5) is 0 Å². The molecule has 0 aromatic heterocycles. The van der Waals surface area contributed by atoms with Gasteiger partial charge in [0.05, 0.1) is 17.1 Å². The number of hydrogen-bond donors (Lipinski definition) is 1. The van der Waals surface area contributed by atoms with Crippen molar-refractivity contribution in [1.82, 2.24) is 10.2 Å². The van der Waals surface area contributed by atoms with Crippen LogP contribution in [-0.4, -0.2) is 41.5 Å². The minimum Gasteiger partial charge on any atom is -0.365 e. The molecule has 1 N–H and O–H groups in total. The number of carbonyl (C=O) groups excluding carboxylic acids is 2. The summed E-state index contributed by atoms with van der Waals surface area (Å²) in [6, 6.07) is 13.7. The molecule has 0 unspecified atom stereocenters. The van der Waals surface area contributed by atoms with Gasteiger partial charge < -0.3 is 15.0 Å². The molecule has 0 saturated carbocycles. The molecule has 1 spiro atoms. The smallest absolute Gasteiger partial charge is 0.286 e. The van der Waals surface area contributed by atoms with Gasteiger partial charge in [0.2, 0.25) is 0 Å². The number of halogens is 1. The van der Waals surface area contributed by atoms with Gasteiger partial charge >= 0.3 is 0 Å². The minimum atomic E-state index is -0.233. The zero-order chi connectivity index (χ0) is 22.6. The molecule has 2 aromatic carbocycles. The first-order valence-electron chi connectivity index (χ1n) is 11.1. The maximum Gasteiger partial charge on any atom is 0.286 e. The van der Waals surface area contributed by atoms with E-state index in [1.165, 1.54) is 22.9 Å². The van der Waals surface area contributed by atoms with Crippen LogP contribution in [0.2, 0.25) is 5.02 Å². The molecule has 168 valence electrons. The fourth-order valence-corrected chi connectivity index (χ4v) is 6.48. The summed E-state index contributed by atoms with van der Waals surface area (Å²) >= 11 is 7.55. The van der Waals surface area contributed by atoms with Crippen molar-refractivity contribution in [3.63, 3.8) is 0 Å². The molecule has 4 aliphatic rings. The third kappa shape index (κ3) is 3.50. The number of nitrogens with zero attached hydrogens (tertiary/aromatic N) is 2. The van der Waals surface area contributed by atoms with Crippen molar-refractivity contribution in [2.24, 2.45) is 4.99 Å². The highest BCUT2D eigenvalue weighted by Crippen LogP contribution is 2.45. The van der Waals surface area contributed by atoms with Gasteiger partial charge in [-0.15, -0.1) is 0 Å². The quantitative estimate of drug-likeness (QED) is 0.569. The fraction of sp³-hybridized carbons (Fsp3) is 0.320. The number of piperidine rings is 1. The van der Waals surface area contributed by atoms with Crippen molar-refractivity contribution in [3.8, 4) is 0 Å². The number of ether oxygens (including phenoxy) is 1. The standard InChI is InChI=1S/C25H22ClN3O3S/c26-16-5-6-17-18(7-10-27-22(30)19(17)13-16)21-23(31)28-24(33-21)29-11-8-25(9-12-29)20-4-2-1-3-15(20)14-32-25/h1-6,13H,7-12,14H2,(H,27,30). The number of nitrogens with one attached hydrogen (secondary N) is 1. The van der Waals surface area contributed by atoms with Gasteiger partial charge in [-0.25, -0.2) is 0 Å². The van der Waals surface area contributed by atoms with E-state index >= 15 is 0 Å². The molecule has 0 bridgehead atoms. The number of carbonyl (C=O) groups is 2. The molecular weight excluding hydrogens is 458 g/mol. The summed E-state index contributed by atoms with van der Waals surface area (Å²) in [5.74, 6) is -0.402. The summed E-state index contributed by atoms with van der Waals surface area (Å²) < 4.78 is 6.27. The molecule has 1 fully saturated rings. The SMILES string of the molecule is O=C1N=C(N2CCC3(CC2)OCc2ccccc23)SC1=C1CCNC(=O)c2cc(Cl)ccc21. The molecule has 4 aliphatic heterocycles. The average Bonchev–Trinajstić information content (AvgIpc) is 3.34. The third-order valence-electron chi connectivity index (χ3n) is 6.92. The van der Waals surface area contributed by atoms with E-state index in [1.807, 2.05) is 6.07 Å². The van der Waals surface area contributed by atoms with Crippen LogP contribution in [0, 0.1) is 0 Å². The Labute approximate surface area is 201 Å². The van der Waals surface area contributed by atoms with Gasteiger partial charge in [0.1, 0.15) is 0 Å². The summed E-state index contributed by atoms with van der Waals surface area (Å²) in [6.45, 7) is 2.69. The molecule has 0 aliphatic carbocycles. The number of likely N-dealkylation sites (tertiary alicyclic amines) is 1. The number of aliphatic imine (C=N–C) groups is 1. The molecule has 33 heavy (non-hydrogen) atoms. The van der Waals surface area contributed by atoms with Crippen LogP contribution in [0.15, 0.2) is 52.4 Å². The molecule has 0 atom stereocenters. The first kappa shape index (κ1) is 21.0. The van der Waals surface area contributed by atoms with Gasteiger partial charge in [-0.3, -0.25) is 9.59 Å². The minimum absolute atomic E-state index is 0.169. The van der Waals surface area contributed by atoms with Crippen molar-refractivity contribution >= 4 is 45.9 Å². The lowest BCUT2D eigenvalue weighted by Crippen LogP contribution is -2.44. The second-order valence-corrected chi connectivity index (χ2v) is 10.1. The van der Waals surface area contributed by atoms with Crippen LogP contribution < -0.4 is 5.32 Å². The Balaban J connectivity index is 1.25. The lowest BCUT2D eigenvalue weighted by molar-refractivity contribution is -0.113. The number of benzene rings is 2. The molecule has 2 amide bonds. The van der Waals surface area contributed by atoms with E-state index < -0.39 is 0 Å². The second kappa shape index (κ2) is 8.01. The molecule has 4 heterocycles. The van der Waals surface area contributed by atoms with Gasteiger partial charge in [0, 0.05) is 30.2 Å². The Morgan fingerprint density at radius 2 is 1.91 bits per heavy atom.